The van der Waals surface area contributed by atoms with Crippen LogP contribution >= 0.6 is 0 Å². The van der Waals surface area contributed by atoms with Crippen molar-refractivity contribution in [3.63, 3.8) is 0 Å². The van der Waals surface area contributed by atoms with E-state index in [0.717, 1.165) is 41.8 Å². The molecule has 6 nitrogen and oxygen atoms in total. The van der Waals surface area contributed by atoms with Gasteiger partial charge in [-0.25, -0.2) is 4.68 Å². The Labute approximate surface area is 169 Å². The fourth-order valence-corrected chi connectivity index (χ4v) is 3.85. The van der Waals surface area contributed by atoms with Crippen LogP contribution in [0.15, 0.2) is 60.7 Å². The Morgan fingerprint density at radius 1 is 1.03 bits per heavy atom. The fourth-order valence-electron chi connectivity index (χ4n) is 3.85. The first-order valence-electron chi connectivity index (χ1n) is 9.84. The van der Waals surface area contributed by atoms with E-state index in [2.05, 4.69) is 10.4 Å². The first-order valence-corrected chi connectivity index (χ1v) is 9.84. The molecule has 1 aliphatic rings. The van der Waals surface area contributed by atoms with Crippen LogP contribution in [0.2, 0.25) is 0 Å². The van der Waals surface area contributed by atoms with Gasteiger partial charge in [-0.15, -0.1) is 0 Å². The Hall–Kier alpha value is -3.41. The minimum absolute atomic E-state index is 0.0655. The zero-order valence-corrected chi connectivity index (χ0v) is 16.0. The maximum absolute atomic E-state index is 12.8. The molecule has 1 atom stereocenters. The van der Waals surface area contributed by atoms with Gasteiger partial charge in [-0.1, -0.05) is 48.5 Å². The van der Waals surface area contributed by atoms with Gasteiger partial charge in [-0.3, -0.25) is 9.59 Å². The highest BCUT2D eigenvalue weighted by atomic mass is 16.4. The summed E-state index contributed by atoms with van der Waals surface area (Å²) >= 11 is 0. The van der Waals surface area contributed by atoms with Gasteiger partial charge in [0.15, 0.2) is 5.69 Å². The van der Waals surface area contributed by atoms with E-state index in [1.807, 2.05) is 65.3 Å². The lowest BCUT2D eigenvalue weighted by atomic mass is 9.99. The van der Waals surface area contributed by atoms with E-state index in [4.69, 9.17) is 0 Å². The third-order valence-corrected chi connectivity index (χ3v) is 5.33. The number of carbonyl (C=O) groups is 2. The molecular formula is C23H23N3O3. The zero-order chi connectivity index (χ0) is 20.2. The number of fused-ring (bicyclic) bond motifs is 1. The summed E-state index contributed by atoms with van der Waals surface area (Å²) < 4.78 is 1.84. The Bertz CT molecular complexity index is 1010. The molecule has 29 heavy (non-hydrogen) atoms. The molecule has 1 heterocycles. The van der Waals surface area contributed by atoms with Gasteiger partial charge in [-0.2, -0.15) is 5.10 Å². The third-order valence-electron chi connectivity index (χ3n) is 5.33. The van der Waals surface area contributed by atoms with Crippen molar-refractivity contribution in [2.75, 3.05) is 6.54 Å². The van der Waals surface area contributed by atoms with Crippen LogP contribution in [-0.4, -0.2) is 33.3 Å². The summed E-state index contributed by atoms with van der Waals surface area (Å²) in [4.78, 5) is 24.5. The number of carboxylic acid groups (broad SMARTS) is 1. The summed E-state index contributed by atoms with van der Waals surface area (Å²) in [5.41, 5.74) is 4.31. The monoisotopic (exact) mass is 389 g/mol. The summed E-state index contributed by atoms with van der Waals surface area (Å²) in [6.45, 7) is 0.0655. The largest absolute Gasteiger partial charge is 0.481 e. The van der Waals surface area contributed by atoms with Gasteiger partial charge in [0.25, 0.3) is 5.91 Å². The van der Waals surface area contributed by atoms with Gasteiger partial charge < -0.3 is 10.4 Å². The Kier molecular flexibility index (Phi) is 5.42. The minimum Gasteiger partial charge on any atom is -0.481 e. The number of nitrogens with zero attached hydrogens (tertiary/aromatic N) is 2. The van der Waals surface area contributed by atoms with Crippen LogP contribution in [-0.2, 0) is 24.1 Å². The molecule has 3 aromatic rings. The Balaban J connectivity index is 1.50. The molecule has 6 heteroatoms. The highest BCUT2D eigenvalue weighted by molar-refractivity contribution is 5.94. The van der Waals surface area contributed by atoms with Crippen LogP contribution in [0, 0.1) is 5.92 Å². The van der Waals surface area contributed by atoms with E-state index in [1.165, 1.54) is 0 Å². The highest BCUT2D eigenvalue weighted by Gasteiger charge is 2.28. The van der Waals surface area contributed by atoms with Crippen LogP contribution in [0.4, 0.5) is 0 Å². The van der Waals surface area contributed by atoms with Gasteiger partial charge in [0, 0.05) is 17.8 Å². The van der Waals surface area contributed by atoms with Crippen LogP contribution in [0.3, 0.4) is 0 Å². The van der Waals surface area contributed by atoms with Crippen molar-refractivity contribution in [3.8, 4) is 5.69 Å². The number of carboxylic acids is 1. The molecule has 0 bridgehead atoms. The van der Waals surface area contributed by atoms with Crippen molar-refractivity contribution in [1.29, 1.82) is 0 Å². The SMILES string of the molecule is O=C(NCC(Cc1ccccc1)C(=O)O)c1nn(-c2ccccc2)c2c1CCC2. The number of aliphatic carboxylic acids is 1. The lowest BCUT2D eigenvalue weighted by molar-refractivity contribution is -0.141. The summed E-state index contributed by atoms with van der Waals surface area (Å²) in [5, 5.41) is 16.9. The molecule has 2 N–H and O–H groups in total. The summed E-state index contributed by atoms with van der Waals surface area (Å²) in [6, 6.07) is 19.2. The normalized spacial score (nSPS) is 13.7. The van der Waals surface area contributed by atoms with Gasteiger partial charge in [-0.05, 0) is 43.4 Å². The van der Waals surface area contributed by atoms with Crippen molar-refractivity contribution < 1.29 is 14.7 Å². The molecule has 0 radical (unpaired) electrons. The van der Waals surface area contributed by atoms with Gasteiger partial charge in [0.2, 0.25) is 0 Å². The predicted octanol–water partition coefficient (Wildman–Crippen LogP) is 3.03. The smallest absolute Gasteiger partial charge is 0.308 e. The Morgan fingerprint density at radius 3 is 2.41 bits per heavy atom. The molecule has 0 saturated carbocycles. The van der Waals surface area contributed by atoms with Crippen LogP contribution in [0.25, 0.3) is 5.69 Å². The van der Waals surface area contributed by atoms with E-state index in [1.54, 1.807) is 0 Å². The molecule has 148 valence electrons. The molecule has 0 spiro atoms. The number of carbonyl (C=O) groups excluding carboxylic acids is 1. The standard InChI is InChI=1S/C23H23N3O3/c27-22(24-15-17(23(28)29)14-16-8-3-1-4-9-16)21-19-12-7-13-20(19)26(25-21)18-10-5-2-6-11-18/h1-6,8-11,17H,7,12-15H2,(H,24,27)(H,28,29). The second-order valence-electron chi connectivity index (χ2n) is 7.31. The van der Waals surface area contributed by atoms with Crippen molar-refractivity contribution in [2.45, 2.75) is 25.7 Å². The molecule has 1 amide bonds. The number of amides is 1. The van der Waals surface area contributed by atoms with Crippen molar-refractivity contribution >= 4 is 11.9 Å². The molecular weight excluding hydrogens is 366 g/mol. The summed E-state index contributed by atoms with van der Waals surface area (Å²) in [7, 11) is 0. The number of hydrogen-bond donors (Lipinski definition) is 2. The lowest BCUT2D eigenvalue weighted by Gasteiger charge is -2.13. The van der Waals surface area contributed by atoms with Crippen molar-refractivity contribution in [3.05, 3.63) is 83.2 Å². The lowest BCUT2D eigenvalue weighted by Crippen LogP contribution is -2.34. The topological polar surface area (TPSA) is 84.2 Å². The van der Waals surface area contributed by atoms with Gasteiger partial charge in [0.1, 0.15) is 0 Å². The predicted molar refractivity (Wildman–Crippen MR) is 109 cm³/mol. The maximum Gasteiger partial charge on any atom is 0.308 e. The van der Waals surface area contributed by atoms with Crippen molar-refractivity contribution in [1.82, 2.24) is 15.1 Å². The second-order valence-corrected chi connectivity index (χ2v) is 7.31. The molecule has 0 saturated heterocycles. The molecule has 2 aromatic carbocycles. The maximum atomic E-state index is 12.8. The number of aromatic nitrogens is 2. The fraction of sp³-hybridized carbons (Fsp3) is 0.261. The van der Waals surface area contributed by atoms with Crippen LogP contribution in [0.1, 0.15) is 33.7 Å². The van der Waals surface area contributed by atoms with Crippen molar-refractivity contribution in [2.24, 2.45) is 5.92 Å². The van der Waals surface area contributed by atoms with Crippen LogP contribution < -0.4 is 5.32 Å². The van der Waals surface area contributed by atoms with E-state index >= 15 is 0 Å². The minimum atomic E-state index is -0.922. The average Bonchev–Trinajstić information content (AvgIpc) is 3.35. The number of hydrogen-bond acceptors (Lipinski definition) is 3. The average molecular weight is 389 g/mol. The molecule has 1 aliphatic carbocycles. The molecule has 0 fully saturated rings. The Morgan fingerprint density at radius 2 is 1.72 bits per heavy atom. The van der Waals surface area contributed by atoms with E-state index in [0.29, 0.717) is 12.1 Å². The van der Waals surface area contributed by atoms with Gasteiger partial charge >= 0.3 is 5.97 Å². The molecule has 0 aliphatic heterocycles. The third kappa shape index (κ3) is 4.06. The number of rotatable bonds is 7. The number of nitrogens with one attached hydrogen (secondary N) is 1. The van der Waals surface area contributed by atoms with Gasteiger partial charge in [0.05, 0.1) is 11.6 Å². The van der Waals surface area contributed by atoms with E-state index in [-0.39, 0.29) is 12.5 Å². The molecule has 1 unspecified atom stereocenters. The highest BCUT2D eigenvalue weighted by Crippen LogP contribution is 2.27. The van der Waals surface area contributed by atoms with Crippen LogP contribution in [0.5, 0.6) is 0 Å². The second kappa shape index (κ2) is 8.31. The zero-order valence-electron chi connectivity index (χ0n) is 16.0. The van der Waals surface area contributed by atoms with E-state index in [9.17, 15) is 14.7 Å². The summed E-state index contributed by atoms with van der Waals surface area (Å²) in [6.07, 6.45) is 3.06. The number of benzene rings is 2. The summed E-state index contributed by atoms with van der Waals surface area (Å²) in [5.74, 6) is -1.92. The number of para-hydroxylation sites is 1. The first-order chi connectivity index (χ1) is 14.1. The van der Waals surface area contributed by atoms with E-state index < -0.39 is 11.9 Å². The quantitative estimate of drug-likeness (QED) is 0.651. The first kappa shape index (κ1) is 18.9. The molecule has 4 rings (SSSR count). The molecule has 1 aromatic heterocycles.